The van der Waals surface area contributed by atoms with Crippen LogP contribution >= 0.6 is 11.8 Å². The lowest BCUT2D eigenvalue weighted by Crippen LogP contribution is -2.35. The van der Waals surface area contributed by atoms with Crippen LogP contribution < -0.4 is 0 Å². The molecule has 5 rings (SSSR count). The Labute approximate surface area is 178 Å². The number of fused-ring (bicyclic) bond motifs is 2. The molecule has 0 bridgehead atoms. The number of carbonyl (C=O) groups is 1. The number of aliphatic imine (C=N–C) groups is 1. The number of carbonyl (C=O) groups excluding carboxylic acids is 1. The highest BCUT2D eigenvalue weighted by molar-refractivity contribution is 8.17. The summed E-state index contributed by atoms with van der Waals surface area (Å²) in [5, 5.41) is 10.2. The Morgan fingerprint density at radius 2 is 1.87 bits per heavy atom. The van der Waals surface area contributed by atoms with E-state index in [0.717, 1.165) is 27.9 Å². The molecule has 2 aliphatic rings. The zero-order valence-corrected chi connectivity index (χ0v) is 17.5. The highest BCUT2D eigenvalue weighted by Crippen LogP contribution is 2.33. The van der Waals surface area contributed by atoms with E-state index in [0.29, 0.717) is 10.7 Å². The average Bonchev–Trinajstić information content (AvgIpc) is 3.27. The van der Waals surface area contributed by atoms with Crippen LogP contribution in [0.15, 0.2) is 76.4 Å². The summed E-state index contributed by atoms with van der Waals surface area (Å²) >= 11 is 1.42. The van der Waals surface area contributed by atoms with Crippen LogP contribution in [0, 0.1) is 12.3 Å². The molecule has 1 amide bonds. The monoisotopic (exact) mass is 412 g/mol. The molecule has 148 valence electrons. The SMILES string of the molecule is CC1=CN2C(=N)C(=Cc3cn(Cc4ccc(C)cc4)c4ccccc34)C(=O)N=C2S1. The molecule has 0 saturated heterocycles. The molecular weight excluding hydrogens is 392 g/mol. The lowest BCUT2D eigenvalue weighted by atomic mass is 10.1. The van der Waals surface area contributed by atoms with Crippen LogP contribution in [-0.4, -0.2) is 26.4 Å². The standard InChI is InChI=1S/C24H20N4OS/c1-15-7-9-17(10-8-15)13-27-14-18(19-5-3-4-6-21(19)27)11-20-22(25)28-12-16(2)30-24(28)26-23(20)29/h3-12,14,25H,13H2,1-2H3. The van der Waals surface area contributed by atoms with Crippen molar-refractivity contribution in [3.63, 3.8) is 0 Å². The minimum absolute atomic E-state index is 0.171. The van der Waals surface area contributed by atoms with E-state index in [-0.39, 0.29) is 11.7 Å². The molecule has 5 nitrogen and oxygen atoms in total. The van der Waals surface area contributed by atoms with Crippen molar-refractivity contribution in [2.75, 3.05) is 0 Å². The maximum absolute atomic E-state index is 12.7. The van der Waals surface area contributed by atoms with Crippen LogP contribution in [0.25, 0.3) is 17.0 Å². The third-order valence-corrected chi connectivity index (χ3v) is 6.18. The second kappa shape index (κ2) is 7.15. The van der Waals surface area contributed by atoms with Gasteiger partial charge >= 0.3 is 0 Å². The molecule has 3 heterocycles. The zero-order chi connectivity index (χ0) is 20.8. The molecule has 1 N–H and O–H groups in total. The minimum atomic E-state index is -0.364. The Kier molecular flexibility index (Phi) is 4.44. The Morgan fingerprint density at radius 1 is 1.10 bits per heavy atom. The van der Waals surface area contributed by atoms with E-state index >= 15 is 0 Å². The van der Waals surface area contributed by atoms with Crippen molar-refractivity contribution in [3.05, 3.63) is 88.1 Å². The van der Waals surface area contributed by atoms with Crippen molar-refractivity contribution >= 4 is 45.7 Å². The van der Waals surface area contributed by atoms with Gasteiger partial charge in [-0.25, -0.2) is 0 Å². The van der Waals surface area contributed by atoms with Crippen LogP contribution in [0.3, 0.4) is 0 Å². The molecule has 2 aromatic carbocycles. The Morgan fingerprint density at radius 3 is 2.67 bits per heavy atom. The second-order valence-electron chi connectivity index (χ2n) is 7.53. The number of nitrogens with zero attached hydrogens (tertiary/aromatic N) is 3. The fourth-order valence-electron chi connectivity index (χ4n) is 3.77. The number of rotatable bonds is 3. The van der Waals surface area contributed by atoms with E-state index in [9.17, 15) is 4.79 Å². The lowest BCUT2D eigenvalue weighted by molar-refractivity contribution is -0.114. The van der Waals surface area contributed by atoms with Gasteiger partial charge in [0.15, 0.2) is 5.17 Å². The number of para-hydroxylation sites is 1. The highest BCUT2D eigenvalue weighted by Gasteiger charge is 2.33. The quantitative estimate of drug-likeness (QED) is 0.604. The number of allylic oxidation sites excluding steroid dienone is 1. The van der Waals surface area contributed by atoms with Crippen molar-refractivity contribution in [1.82, 2.24) is 9.47 Å². The van der Waals surface area contributed by atoms with Gasteiger partial charge in [-0.1, -0.05) is 59.8 Å². The van der Waals surface area contributed by atoms with Crippen LogP contribution in [0.5, 0.6) is 0 Å². The molecule has 30 heavy (non-hydrogen) atoms. The van der Waals surface area contributed by atoms with Crippen molar-refractivity contribution in [1.29, 1.82) is 5.41 Å². The predicted octanol–water partition coefficient (Wildman–Crippen LogP) is 5.16. The van der Waals surface area contributed by atoms with Crippen LogP contribution in [0.4, 0.5) is 0 Å². The van der Waals surface area contributed by atoms with Gasteiger partial charge in [0.05, 0.1) is 5.57 Å². The molecule has 0 fully saturated rings. The summed E-state index contributed by atoms with van der Waals surface area (Å²) in [7, 11) is 0. The molecule has 0 radical (unpaired) electrons. The van der Waals surface area contributed by atoms with Gasteiger partial charge in [-0.3, -0.25) is 15.1 Å². The van der Waals surface area contributed by atoms with Crippen LogP contribution in [-0.2, 0) is 11.3 Å². The van der Waals surface area contributed by atoms with E-state index in [4.69, 9.17) is 5.41 Å². The van der Waals surface area contributed by atoms with Gasteiger partial charge in [0.25, 0.3) is 5.91 Å². The summed E-state index contributed by atoms with van der Waals surface area (Å²) < 4.78 is 2.19. The fourth-order valence-corrected chi connectivity index (χ4v) is 4.59. The average molecular weight is 413 g/mol. The van der Waals surface area contributed by atoms with Gasteiger partial charge in [-0.2, -0.15) is 4.99 Å². The van der Waals surface area contributed by atoms with Crippen molar-refractivity contribution in [3.8, 4) is 0 Å². The normalized spacial score (nSPS) is 17.5. The second-order valence-corrected chi connectivity index (χ2v) is 8.75. The molecule has 0 spiro atoms. The minimum Gasteiger partial charge on any atom is -0.342 e. The molecule has 6 heteroatoms. The van der Waals surface area contributed by atoms with Crippen molar-refractivity contribution < 1.29 is 4.79 Å². The van der Waals surface area contributed by atoms with E-state index in [2.05, 4.69) is 59.1 Å². The van der Waals surface area contributed by atoms with Gasteiger partial charge in [0.1, 0.15) is 5.84 Å². The maximum Gasteiger partial charge on any atom is 0.283 e. The fraction of sp³-hybridized carbons (Fsp3) is 0.125. The van der Waals surface area contributed by atoms with Gasteiger partial charge < -0.3 is 4.57 Å². The largest absolute Gasteiger partial charge is 0.342 e. The molecule has 0 unspecified atom stereocenters. The van der Waals surface area contributed by atoms with Crippen LogP contribution in [0.2, 0.25) is 0 Å². The zero-order valence-electron chi connectivity index (χ0n) is 16.7. The van der Waals surface area contributed by atoms with Gasteiger partial charge in [-0.15, -0.1) is 0 Å². The third kappa shape index (κ3) is 3.19. The number of amidine groups is 2. The van der Waals surface area contributed by atoms with E-state index in [1.807, 2.05) is 25.3 Å². The van der Waals surface area contributed by atoms with Gasteiger partial charge in [0.2, 0.25) is 0 Å². The number of benzene rings is 2. The highest BCUT2D eigenvalue weighted by atomic mass is 32.2. The summed E-state index contributed by atoms with van der Waals surface area (Å²) in [5.74, 6) is -0.193. The molecule has 1 aromatic heterocycles. The third-order valence-electron chi connectivity index (χ3n) is 5.29. The summed E-state index contributed by atoms with van der Waals surface area (Å²) in [4.78, 5) is 19.5. The first-order chi connectivity index (χ1) is 14.5. The summed E-state index contributed by atoms with van der Waals surface area (Å²) in [6, 6.07) is 16.7. The first-order valence-corrected chi connectivity index (χ1v) is 10.5. The first kappa shape index (κ1) is 18.6. The topological polar surface area (TPSA) is 61.5 Å². The van der Waals surface area contributed by atoms with Crippen LogP contribution in [0.1, 0.15) is 23.6 Å². The number of hydrogen-bond donors (Lipinski definition) is 1. The first-order valence-electron chi connectivity index (χ1n) is 9.72. The molecule has 0 atom stereocenters. The molecule has 0 aliphatic carbocycles. The number of aryl methyl sites for hydroxylation is 1. The Balaban J connectivity index is 1.57. The lowest BCUT2D eigenvalue weighted by Gasteiger charge is -2.22. The van der Waals surface area contributed by atoms with Crippen molar-refractivity contribution in [2.45, 2.75) is 20.4 Å². The smallest absolute Gasteiger partial charge is 0.283 e. The molecule has 3 aromatic rings. The number of thioether (sulfide) groups is 1. The van der Waals surface area contributed by atoms with E-state index in [1.54, 1.807) is 11.0 Å². The number of nitrogens with one attached hydrogen (secondary N) is 1. The Bertz CT molecular complexity index is 1290. The summed E-state index contributed by atoms with van der Waals surface area (Å²) in [6.07, 6.45) is 5.70. The number of amides is 1. The predicted molar refractivity (Wildman–Crippen MR) is 124 cm³/mol. The summed E-state index contributed by atoms with van der Waals surface area (Å²) in [6.45, 7) is 4.77. The molecule has 2 aliphatic heterocycles. The molecular formula is C24H20N4OS. The van der Waals surface area contributed by atoms with Gasteiger partial charge in [0, 0.05) is 40.3 Å². The maximum atomic E-state index is 12.7. The summed E-state index contributed by atoms with van der Waals surface area (Å²) in [5.41, 5.74) is 4.77. The van der Waals surface area contributed by atoms with Crippen molar-refractivity contribution in [2.24, 2.45) is 4.99 Å². The number of aromatic nitrogens is 1. The van der Waals surface area contributed by atoms with E-state index < -0.39 is 0 Å². The van der Waals surface area contributed by atoms with E-state index in [1.165, 1.54) is 22.9 Å². The number of hydrogen-bond acceptors (Lipinski definition) is 3. The molecule has 0 saturated carbocycles. The van der Waals surface area contributed by atoms with Gasteiger partial charge in [-0.05, 0) is 31.6 Å². The Hall–Kier alpha value is -3.38.